The molecule has 2 N–H and O–H groups in total. The number of aromatic hydroxyl groups is 1. The van der Waals surface area contributed by atoms with Crippen molar-refractivity contribution in [3.63, 3.8) is 0 Å². The van der Waals surface area contributed by atoms with Gasteiger partial charge in [0.05, 0.1) is 18.1 Å². The Morgan fingerprint density at radius 2 is 1.91 bits per heavy atom. The van der Waals surface area contributed by atoms with Crippen LogP contribution in [0, 0.1) is 23.7 Å². The normalized spacial score (nSPS) is 30.3. The van der Waals surface area contributed by atoms with Crippen molar-refractivity contribution < 1.29 is 29.0 Å². The minimum atomic E-state index is -0.551. The molecular weight excluding hydrogens is 422 g/mol. The molecule has 1 aromatic rings. The van der Waals surface area contributed by atoms with Crippen LogP contribution in [0.3, 0.4) is 0 Å². The highest BCUT2D eigenvalue weighted by Crippen LogP contribution is 2.53. The zero-order valence-corrected chi connectivity index (χ0v) is 17.9. The standard InChI is InChI=1S/C26H21NO6/c1-11-6-19(29)18-9-17-15(3-4-16-22(17)26(32)27-25(16)31)21(23(18)24(11)30)13-7-12-8-14(28)2-5-20(12)33-10-13/h2-3,5-6,8,10,16-17,21-22,28H,4,7,9H2,1H3,(H,27,31,32)/t16-,17+,21-,22-/m0/s1. The maximum atomic E-state index is 13.3. The maximum absolute atomic E-state index is 13.3. The number of Topliss-reactive ketones (excluding diaryl/α,β-unsaturated/α-hetero) is 1. The Bertz CT molecular complexity index is 1310. The molecule has 0 saturated carbocycles. The second kappa shape index (κ2) is 6.88. The van der Waals surface area contributed by atoms with E-state index in [1.165, 1.54) is 6.08 Å². The zero-order chi connectivity index (χ0) is 23.0. The Labute approximate surface area is 189 Å². The number of benzene rings is 1. The number of carbonyl (C=O) groups is 4. The number of amides is 2. The molecule has 2 aliphatic heterocycles. The third kappa shape index (κ3) is 2.81. The van der Waals surface area contributed by atoms with Gasteiger partial charge in [0, 0.05) is 34.6 Å². The molecule has 2 heterocycles. The van der Waals surface area contributed by atoms with Crippen molar-refractivity contribution in [1.82, 2.24) is 5.32 Å². The summed E-state index contributed by atoms with van der Waals surface area (Å²) in [7, 11) is 0. The highest BCUT2D eigenvalue weighted by atomic mass is 16.5. The SMILES string of the molecule is CC1=CC(=O)C2=C(C1=O)[C@@H](C1=COc3ccc(O)cc3C1)C1=CC[C@@H]3C(=O)NC(=O)[C@@H]3[C@@H]1C2. The summed E-state index contributed by atoms with van der Waals surface area (Å²) in [5, 5.41) is 12.4. The van der Waals surface area contributed by atoms with Crippen molar-refractivity contribution in [1.29, 1.82) is 0 Å². The van der Waals surface area contributed by atoms with Crippen molar-refractivity contribution in [2.24, 2.45) is 23.7 Å². The number of hydrogen-bond donors (Lipinski definition) is 2. The van der Waals surface area contributed by atoms with Gasteiger partial charge in [0.25, 0.3) is 0 Å². The van der Waals surface area contributed by atoms with Crippen LogP contribution in [-0.2, 0) is 25.6 Å². The quantitative estimate of drug-likeness (QED) is 0.392. The van der Waals surface area contributed by atoms with E-state index >= 15 is 0 Å². The lowest BCUT2D eigenvalue weighted by Gasteiger charge is -2.43. The lowest BCUT2D eigenvalue weighted by molar-refractivity contribution is -0.126. The van der Waals surface area contributed by atoms with Gasteiger partial charge in [-0.15, -0.1) is 0 Å². The van der Waals surface area contributed by atoms with Crippen molar-refractivity contribution >= 4 is 23.4 Å². The van der Waals surface area contributed by atoms with Crippen LogP contribution in [0.2, 0.25) is 0 Å². The summed E-state index contributed by atoms with van der Waals surface area (Å²) >= 11 is 0. The van der Waals surface area contributed by atoms with Gasteiger partial charge in [-0.1, -0.05) is 11.6 Å². The molecule has 0 spiro atoms. The number of hydrogen-bond acceptors (Lipinski definition) is 6. The molecule has 5 aliphatic rings. The molecule has 1 saturated heterocycles. The van der Waals surface area contributed by atoms with Crippen LogP contribution in [-0.4, -0.2) is 28.5 Å². The lowest BCUT2D eigenvalue weighted by Crippen LogP contribution is -2.41. The van der Waals surface area contributed by atoms with Crippen molar-refractivity contribution in [3.05, 3.63) is 70.0 Å². The molecule has 0 unspecified atom stereocenters. The van der Waals surface area contributed by atoms with Gasteiger partial charge in [0.1, 0.15) is 11.5 Å². The fourth-order valence-corrected chi connectivity index (χ4v) is 6.08. The van der Waals surface area contributed by atoms with Crippen LogP contribution in [0.5, 0.6) is 11.5 Å². The number of phenols is 1. The number of phenolic OH excluding ortho intramolecular Hbond substituents is 1. The molecule has 1 aromatic carbocycles. The van der Waals surface area contributed by atoms with E-state index in [1.807, 2.05) is 6.08 Å². The molecule has 0 aromatic heterocycles. The molecular formula is C26H21NO6. The topological polar surface area (TPSA) is 110 Å². The Kier molecular flexibility index (Phi) is 4.15. The molecule has 0 radical (unpaired) electrons. The predicted molar refractivity (Wildman–Crippen MR) is 116 cm³/mol. The number of imide groups is 1. The molecule has 33 heavy (non-hydrogen) atoms. The number of ketones is 2. The molecule has 2 amide bonds. The first-order valence-corrected chi connectivity index (χ1v) is 11.1. The molecule has 7 heteroatoms. The van der Waals surface area contributed by atoms with Crippen LogP contribution < -0.4 is 10.1 Å². The monoisotopic (exact) mass is 443 g/mol. The molecule has 3 aliphatic carbocycles. The Balaban J connectivity index is 1.50. The van der Waals surface area contributed by atoms with E-state index in [-0.39, 0.29) is 41.5 Å². The van der Waals surface area contributed by atoms with Gasteiger partial charge in [-0.2, -0.15) is 0 Å². The van der Waals surface area contributed by atoms with Gasteiger partial charge in [-0.05, 0) is 55.5 Å². The fourth-order valence-electron chi connectivity index (χ4n) is 6.08. The van der Waals surface area contributed by atoms with E-state index < -0.39 is 17.8 Å². The number of ether oxygens (including phenoxy) is 1. The predicted octanol–water partition coefficient (Wildman–Crippen LogP) is 2.46. The van der Waals surface area contributed by atoms with Gasteiger partial charge in [0.2, 0.25) is 11.8 Å². The number of nitrogens with one attached hydrogen (secondary N) is 1. The highest BCUT2D eigenvalue weighted by Gasteiger charge is 2.53. The van der Waals surface area contributed by atoms with Crippen molar-refractivity contribution in [2.45, 2.75) is 26.2 Å². The lowest BCUT2D eigenvalue weighted by atomic mass is 9.58. The third-order valence-electron chi connectivity index (χ3n) is 7.55. The largest absolute Gasteiger partial charge is 0.508 e. The highest BCUT2D eigenvalue weighted by molar-refractivity contribution is 6.23. The van der Waals surface area contributed by atoms with E-state index in [9.17, 15) is 24.3 Å². The second-order valence-corrected chi connectivity index (χ2v) is 9.36. The Morgan fingerprint density at radius 1 is 1.09 bits per heavy atom. The van der Waals surface area contributed by atoms with E-state index in [0.29, 0.717) is 35.3 Å². The van der Waals surface area contributed by atoms with E-state index in [4.69, 9.17) is 4.74 Å². The molecule has 166 valence electrons. The summed E-state index contributed by atoms with van der Waals surface area (Å²) in [5.74, 6) is -2.09. The number of carbonyl (C=O) groups excluding carboxylic acids is 4. The van der Waals surface area contributed by atoms with Crippen molar-refractivity contribution in [3.8, 4) is 11.5 Å². The average molecular weight is 443 g/mol. The first-order valence-electron chi connectivity index (χ1n) is 11.1. The van der Waals surface area contributed by atoms with Crippen LogP contribution >= 0.6 is 0 Å². The Morgan fingerprint density at radius 3 is 2.73 bits per heavy atom. The smallest absolute Gasteiger partial charge is 0.231 e. The van der Waals surface area contributed by atoms with E-state index in [2.05, 4.69) is 5.32 Å². The molecule has 0 bridgehead atoms. The fraction of sp³-hybridized carbons (Fsp3) is 0.308. The minimum absolute atomic E-state index is 0.114. The minimum Gasteiger partial charge on any atom is -0.508 e. The molecule has 4 atom stereocenters. The van der Waals surface area contributed by atoms with Crippen LogP contribution in [0.15, 0.2) is 64.5 Å². The van der Waals surface area contributed by atoms with Gasteiger partial charge in [-0.25, -0.2) is 0 Å². The number of rotatable bonds is 1. The second-order valence-electron chi connectivity index (χ2n) is 9.36. The van der Waals surface area contributed by atoms with Crippen LogP contribution in [0.4, 0.5) is 0 Å². The van der Waals surface area contributed by atoms with Gasteiger partial charge >= 0.3 is 0 Å². The summed E-state index contributed by atoms with van der Waals surface area (Å²) in [4.78, 5) is 51.4. The third-order valence-corrected chi connectivity index (χ3v) is 7.55. The van der Waals surface area contributed by atoms with Crippen LogP contribution in [0.1, 0.15) is 25.3 Å². The first-order chi connectivity index (χ1) is 15.8. The van der Waals surface area contributed by atoms with E-state index in [1.54, 1.807) is 31.4 Å². The van der Waals surface area contributed by atoms with E-state index in [0.717, 1.165) is 16.7 Å². The number of allylic oxidation sites excluding steroid dienone is 7. The summed E-state index contributed by atoms with van der Waals surface area (Å²) < 4.78 is 5.85. The number of fused-ring (bicyclic) bond motifs is 4. The molecule has 1 fully saturated rings. The van der Waals surface area contributed by atoms with Gasteiger partial charge in [-0.3, -0.25) is 24.5 Å². The first kappa shape index (κ1) is 19.9. The molecule has 7 nitrogen and oxygen atoms in total. The summed E-state index contributed by atoms with van der Waals surface area (Å²) in [6.07, 6.45) is 6.07. The summed E-state index contributed by atoms with van der Waals surface area (Å²) in [6, 6.07) is 4.87. The average Bonchev–Trinajstić information content (AvgIpc) is 3.09. The van der Waals surface area contributed by atoms with Crippen molar-refractivity contribution in [2.75, 3.05) is 0 Å². The zero-order valence-electron chi connectivity index (χ0n) is 17.9. The summed E-state index contributed by atoms with van der Waals surface area (Å²) in [6.45, 7) is 1.64. The summed E-state index contributed by atoms with van der Waals surface area (Å²) in [5.41, 5.74) is 3.73. The maximum Gasteiger partial charge on any atom is 0.231 e. The van der Waals surface area contributed by atoms with Gasteiger partial charge < -0.3 is 9.84 Å². The Hall–Kier alpha value is -3.74. The van der Waals surface area contributed by atoms with Crippen LogP contribution in [0.25, 0.3) is 0 Å². The molecule has 6 rings (SSSR count). The van der Waals surface area contributed by atoms with Gasteiger partial charge in [0.15, 0.2) is 11.6 Å².